The minimum absolute atomic E-state index is 0.0992. The third kappa shape index (κ3) is 2.66. The Morgan fingerprint density at radius 3 is 2.48 bits per heavy atom. The molecule has 1 aliphatic carbocycles. The van der Waals surface area contributed by atoms with Gasteiger partial charge in [0.25, 0.3) is 0 Å². The lowest BCUT2D eigenvalue weighted by molar-refractivity contribution is 0.508. The molecule has 0 bridgehead atoms. The SMILES string of the molecule is Cc1ccc2c(c1)c1c(n2[Si](C)(C)NC(C)(C)C)-c2ccccc2C1. The van der Waals surface area contributed by atoms with Gasteiger partial charge in [0.05, 0.1) is 0 Å². The van der Waals surface area contributed by atoms with Crippen LogP contribution in [-0.4, -0.2) is 18.2 Å². The second kappa shape index (κ2) is 5.32. The molecule has 130 valence electrons. The molecule has 3 aromatic rings. The largest absolute Gasteiger partial charge is 0.354 e. The van der Waals surface area contributed by atoms with E-state index in [9.17, 15) is 0 Å². The van der Waals surface area contributed by atoms with Crippen LogP contribution in [0.2, 0.25) is 13.1 Å². The Balaban J connectivity index is 2.05. The van der Waals surface area contributed by atoms with Gasteiger partial charge in [0.1, 0.15) is 0 Å². The Morgan fingerprint density at radius 2 is 1.76 bits per heavy atom. The monoisotopic (exact) mass is 348 g/mol. The normalized spacial score (nSPS) is 14.0. The van der Waals surface area contributed by atoms with Crippen LogP contribution < -0.4 is 4.98 Å². The molecule has 1 aliphatic rings. The van der Waals surface area contributed by atoms with Crippen molar-refractivity contribution in [1.29, 1.82) is 0 Å². The van der Waals surface area contributed by atoms with Crippen molar-refractivity contribution in [2.24, 2.45) is 0 Å². The Labute approximate surface area is 152 Å². The summed E-state index contributed by atoms with van der Waals surface area (Å²) in [6.07, 6.45) is 1.05. The highest BCUT2D eigenvalue weighted by atomic mass is 28.3. The summed E-state index contributed by atoms with van der Waals surface area (Å²) in [7, 11) is -1.90. The van der Waals surface area contributed by atoms with Crippen LogP contribution >= 0.6 is 0 Å². The maximum Gasteiger partial charge on any atom is 0.231 e. The van der Waals surface area contributed by atoms with E-state index in [1.807, 2.05) is 0 Å². The highest BCUT2D eigenvalue weighted by Crippen LogP contribution is 2.44. The molecule has 0 aliphatic heterocycles. The molecule has 25 heavy (non-hydrogen) atoms. The zero-order chi connectivity index (χ0) is 18.0. The molecule has 2 nitrogen and oxygen atoms in total. The summed E-state index contributed by atoms with van der Waals surface area (Å²) in [5.41, 5.74) is 8.67. The van der Waals surface area contributed by atoms with Gasteiger partial charge < -0.3 is 9.22 Å². The van der Waals surface area contributed by atoms with E-state index < -0.39 is 8.40 Å². The first-order valence-electron chi connectivity index (χ1n) is 9.19. The van der Waals surface area contributed by atoms with E-state index in [0.29, 0.717) is 0 Å². The molecule has 0 saturated carbocycles. The summed E-state index contributed by atoms with van der Waals surface area (Å²) in [4.78, 5) is 3.97. The number of aryl methyl sites for hydroxylation is 1. The second-order valence-corrected chi connectivity index (χ2v) is 12.8. The lowest BCUT2D eigenvalue weighted by Gasteiger charge is -2.36. The van der Waals surface area contributed by atoms with E-state index in [2.05, 4.69) is 92.5 Å². The summed E-state index contributed by atoms with van der Waals surface area (Å²) in [5.74, 6) is 0. The van der Waals surface area contributed by atoms with Crippen molar-refractivity contribution in [3.05, 3.63) is 59.2 Å². The first-order chi connectivity index (χ1) is 11.7. The van der Waals surface area contributed by atoms with Crippen molar-refractivity contribution in [3.63, 3.8) is 0 Å². The van der Waals surface area contributed by atoms with Crippen LogP contribution in [0.25, 0.3) is 22.2 Å². The molecule has 0 spiro atoms. The van der Waals surface area contributed by atoms with Gasteiger partial charge in [0, 0.05) is 34.1 Å². The maximum atomic E-state index is 3.97. The number of nitrogens with zero attached hydrogens (tertiary/aromatic N) is 1. The van der Waals surface area contributed by atoms with Gasteiger partial charge in [-0.1, -0.05) is 35.9 Å². The summed E-state index contributed by atoms with van der Waals surface area (Å²) >= 11 is 0. The summed E-state index contributed by atoms with van der Waals surface area (Å²) in [6.45, 7) is 13.9. The van der Waals surface area contributed by atoms with E-state index in [1.165, 1.54) is 38.9 Å². The van der Waals surface area contributed by atoms with Gasteiger partial charge in [-0.3, -0.25) is 0 Å². The molecule has 0 unspecified atom stereocenters. The average molecular weight is 349 g/mol. The minimum Gasteiger partial charge on any atom is -0.354 e. The third-order valence-corrected chi connectivity index (χ3v) is 8.05. The van der Waals surface area contributed by atoms with Crippen LogP contribution in [0.3, 0.4) is 0 Å². The molecule has 0 saturated heterocycles. The summed E-state index contributed by atoms with van der Waals surface area (Å²) < 4.78 is 2.66. The number of fused-ring (bicyclic) bond motifs is 5. The van der Waals surface area contributed by atoms with Crippen molar-refractivity contribution in [3.8, 4) is 11.3 Å². The fourth-order valence-electron chi connectivity index (χ4n) is 4.58. The van der Waals surface area contributed by atoms with Gasteiger partial charge in [-0.05, 0) is 64.0 Å². The lowest BCUT2D eigenvalue weighted by atomic mass is 10.1. The first kappa shape index (κ1) is 16.6. The quantitative estimate of drug-likeness (QED) is 0.476. The molecule has 2 aromatic carbocycles. The molecule has 0 amide bonds. The Kier molecular flexibility index (Phi) is 3.54. The van der Waals surface area contributed by atoms with Crippen molar-refractivity contribution in [2.75, 3.05) is 0 Å². The predicted octanol–water partition coefficient (Wildman–Crippen LogP) is 5.46. The standard InChI is InChI=1S/C22H28N2Si/c1-15-11-12-20-18(13-15)19-14-16-9-7-8-10-17(16)21(19)24(20)25(5,6)23-22(2,3)4/h7-13,23H,14H2,1-6H3. The number of aromatic nitrogens is 1. The molecule has 0 fully saturated rings. The highest BCUT2D eigenvalue weighted by molar-refractivity contribution is 6.75. The fourth-order valence-corrected chi connectivity index (χ4v) is 8.14. The van der Waals surface area contributed by atoms with Crippen LogP contribution in [0.5, 0.6) is 0 Å². The number of hydrogen-bond acceptors (Lipinski definition) is 1. The lowest BCUT2D eigenvalue weighted by Crippen LogP contribution is -2.59. The maximum absolute atomic E-state index is 3.97. The van der Waals surface area contributed by atoms with Gasteiger partial charge in [0.2, 0.25) is 8.40 Å². The third-order valence-electron chi connectivity index (χ3n) is 5.11. The zero-order valence-electron chi connectivity index (χ0n) is 16.2. The van der Waals surface area contributed by atoms with E-state index in [0.717, 1.165) is 6.42 Å². The molecule has 1 aromatic heterocycles. The van der Waals surface area contributed by atoms with Crippen molar-refractivity contribution < 1.29 is 0 Å². The van der Waals surface area contributed by atoms with Crippen molar-refractivity contribution >= 4 is 19.3 Å². The van der Waals surface area contributed by atoms with Crippen LogP contribution in [0, 0.1) is 6.92 Å². The van der Waals surface area contributed by atoms with Crippen LogP contribution in [0.4, 0.5) is 0 Å². The minimum atomic E-state index is -1.90. The fraction of sp³-hybridized carbons (Fsp3) is 0.364. The molecular formula is C22H28N2Si. The first-order valence-corrected chi connectivity index (χ1v) is 12.1. The van der Waals surface area contributed by atoms with Crippen LogP contribution in [-0.2, 0) is 6.42 Å². The molecule has 1 N–H and O–H groups in total. The topological polar surface area (TPSA) is 17.0 Å². The van der Waals surface area contributed by atoms with E-state index >= 15 is 0 Å². The second-order valence-electron chi connectivity index (χ2n) is 8.95. The molecule has 4 rings (SSSR count). The van der Waals surface area contributed by atoms with Crippen LogP contribution in [0.1, 0.15) is 37.5 Å². The van der Waals surface area contributed by atoms with Gasteiger partial charge in [-0.15, -0.1) is 0 Å². The average Bonchev–Trinajstić information content (AvgIpc) is 2.99. The summed E-state index contributed by atoms with van der Waals surface area (Å²) in [6, 6.07) is 15.9. The molecule has 0 radical (unpaired) electrons. The number of hydrogen-bond donors (Lipinski definition) is 1. The van der Waals surface area contributed by atoms with E-state index in [4.69, 9.17) is 0 Å². The molecule has 0 atom stereocenters. The Bertz CT molecular complexity index is 974. The smallest absolute Gasteiger partial charge is 0.231 e. The molecule has 3 heteroatoms. The van der Waals surface area contributed by atoms with Gasteiger partial charge in [-0.25, -0.2) is 0 Å². The van der Waals surface area contributed by atoms with Crippen molar-refractivity contribution in [2.45, 2.75) is 52.7 Å². The Hall–Kier alpha value is -1.84. The van der Waals surface area contributed by atoms with Gasteiger partial charge in [0.15, 0.2) is 0 Å². The van der Waals surface area contributed by atoms with Crippen molar-refractivity contribution in [1.82, 2.24) is 9.22 Å². The van der Waals surface area contributed by atoms with E-state index in [-0.39, 0.29) is 5.54 Å². The predicted molar refractivity (Wildman–Crippen MR) is 111 cm³/mol. The van der Waals surface area contributed by atoms with E-state index in [1.54, 1.807) is 0 Å². The van der Waals surface area contributed by atoms with Gasteiger partial charge >= 0.3 is 0 Å². The number of nitrogens with one attached hydrogen (secondary N) is 1. The molecular weight excluding hydrogens is 320 g/mol. The Morgan fingerprint density at radius 1 is 1.04 bits per heavy atom. The zero-order valence-corrected chi connectivity index (χ0v) is 17.2. The molecule has 1 heterocycles. The summed E-state index contributed by atoms with van der Waals surface area (Å²) in [5, 5.41) is 1.43. The highest BCUT2D eigenvalue weighted by Gasteiger charge is 2.36. The van der Waals surface area contributed by atoms with Crippen LogP contribution in [0.15, 0.2) is 42.5 Å². The van der Waals surface area contributed by atoms with Gasteiger partial charge in [-0.2, -0.15) is 0 Å². The number of rotatable bonds is 2. The number of benzene rings is 2.